The van der Waals surface area contributed by atoms with Gasteiger partial charge >= 0.3 is 5.97 Å². The summed E-state index contributed by atoms with van der Waals surface area (Å²) in [7, 11) is 0. The number of rotatable bonds is 7. The lowest BCUT2D eigenvalue weighted by atomic mass is 9.71. The number of fused-ring (bicyclic) bond motifs is 3. The molecule has 0 saturated heterocycles. The molecular weight excluding hydrogens is 300 g/mol. The standard InChI is InChI=1S/C20H24N2O2/c1-3-5-11-20(12-10-17(23)24-4-2)15-8-6-13-21-18(15)19-16(20)9-7-14-22-19/h6-9,13-14H,3-5,10-12H2,1-2H3. The summed E-state index contributed by atoms with van der Waals surface area (Å²) in [4.78, 5) is 21.2. The van der Waals surface area contributed by atoms with E-state index in [0.717, 1.165) is 37.1 Å². The molecule has 0 amide bonds. The molecule has 1 aliphatic carbocycles. The van der Waals surface area contributed by atoms with Crippen molar-refractivity contribution < 1.29 is 9.53 Å². The van der Waals surface area contributed by atoms with Crippen LogP contribution in [-0.2, 0) is 14.9 Å². The van der Waals surface area contributed by atoms with Crippen molar-refractivity contribution in [2.75, 3.05) is 6.61 Å². The number of hydrogen-bond donors (Lipinski definition) is 0. The summed E-state index contributed by atoms with van der Waals surface area (Å²) in [6, 6.07) is 8.25. The van der Waals surface area contributed by atoms with Crippen LogP contribution < -0.4 is 0 Å². The van der Waals surface area contributed by atoms with Gasteiger partial charge in [-0.05, 0) is 43.0 Å². The number of carbonyl (C=O) groups is 1. The van der Waals surface area contributed by atoms with Crippen molar-refractivity contribution in [2.24, 2.45) is 0 Å². The Bertz CT molecular complexity index is 682. The molecule has 0 unspecified atom stereocenters. The number of hydrogen-bond acceptors (Lipinski definition) is 4. The molecule has 0 radical (unpaired) electrons. The SMILES string of the molecule is CCCCC1(CCC(=O)OCC)c2cccnc2-c2ncccc21. The third-order valence-corrected chi connectivity index (χ3v) is 4.89. The summed E-state index contributed by atoms with van der Waals surface area (Å²) in [5.74, 6) is -0.129. The molecule has 2 aromatic rings. The highest BCUT2D eigenvalue weighted by Gasteiger charge is 2.44. The summed E-state index contributed by atoms with van der Waals surface area (Å²) in [5, 5.41) is 0. The van der Waals surface area contributed by atoms with Crippen molar-refractivity contribution in [3.63, 3.8) is 0 Å². The minimum Gasteiger partial charge on any atom is -0.466 e. The van der Waals surface area contributed by atoms with Gasteiger partial charge in [0, 0.05) is 24.2 Å². The molecule has 24 heavy (non-hydrogen) atoms. The largest absolute Gasteiger partial charge is 0.466 e. The van der Waals surface area contributed by atoms with Crippen molar-refractivity contribution >= 4 is 5.97 Å². The monoisotopic (exact) mass is 324 g/mol. The number of pyridine rings is 2. The van der Waals surface area contributed by atoms with Crippen molar-refractivity contribution in [1.82, 2.24) is 9.97 Å². The minimum atomic E-state index is -0.185. The van der Waals surface area contributed by atoms with Crippen molar-refractivity contribution in [3.8, 4) is 11.4 Å². The molecule has 0 bridgehead atoms. The molecule has 2 heterocycles. The first-order valence-electron chi connectivity index (χ1n) is 8.80. The maximum Gasteiger partial charge on any atom is 0.305 e. The van der Waals surface area contributed by atoms with Crippen molar-refractivity contribution in [1.29, 1.82) is 0 Å². The fraction of sp³-hybridized carbons (Fsp3) is 0.450. The van der Waals surface area contributed by atoms with Gasteiger partial charge in [-0.25, -0.2) is 0 Å². The van der Waals surface area contributed by atoms with Crippen LogP contribution in [0, 0.1) is 0 Å². The molecule has 126 valence electrons. The normalized spacial score (nSPS) is 14.1. The second-order valence-corrected chi connectivity index (χ2v) is 6.29. The lowest BCUT2D eigenvalue weighted by Crippen LogP contribution is -2.27. The first-order chi connectivity index (χ1) is 11.7. The second kappa shape index (κ2) is 7.12. The van der Waals surface area contributed by atoms with Crippen LogP contribution >= 0.6 is 0 Å². The van der Waals surface area contributed by atoms with Crippen LogP contribution in [0.25, 0.3) is 11.4 Å². The summed E-state index contributed by atoms with van der Waals surface area (Å²) in [6.45, 7) is 4.47. The number of esters is 1. The predicted octanol–water partition coefficient (Wildman–Crippen LogP) is 4.28. The van der Waals surface area contributed by atoms with Crippen LogP contribution in [0.5, 0.6) is 0 Å². The quantitative estimate of drug-likeness (QED) is 0.713. The van der Waals surface area contributed by atoms with Gasteiger partial charge in [0.25, 0.3) is 0 Å². The maximum atomic E-state index is 12.0. The Morgan fingerprint density at radius 3 is 2.21 bits per heavy atom. The first kappa shape index (κ1) is 16.6. The lowest BCUT2D eigenvalue weighted by molar-refractivity contribution is -0.143. The van der Waals surface area contributed by atoms with Crippen LogP contribution in [0.1, 0.15) is 57.1 Å². The Balaban J connectivity index is 2.05. The molecule has 0 atom stereocenters. The minimum absolute atomic E-state index is 0.129. The number of ether oxygens (including phenoxy) is 1. The zero-order valence-electron chi connectivity index (χ0n) is 14.4. The summed E-state index contributed by atoms with van der Waals surface area (Å²) in [6.07, 6.45) is 8.01. The molecule has 4 nitrogen and oxygen atoms in total. The third kappa shape index (κ3) is 2.81. The smallest absolute Gasteiger partial charge is 0.305 e. The van der Waals surface area contributed by atoms with E-state index in [0.29, 0.717) is 13.0 Å². The van der Waals surface area contributed by atoms with E-state index < -0.39 is 0 Å². The molecule has 0 saturated carbocycles. The molecule has 0 N–H and O–H groups in total. The van der Waals surface area contributed by atoms with Gasteiger partial charge in [-0.1, -0.05) is 31.9 Å². The number of unbranched alkanes of at least 4 members (excludes halogenated alkanes) is 1. The number of nitrogens with zero attached hydrogens (tertiary/aromatic N) is 2. The van der Waals surface area contributed by atoms with Crippen LogP contribution in [0.4, 0.5) is 0 Å². The van der Waals surface area contributed by atoms with E-state index in [1.165, 1.54) is 11.1 Å². The zero-order chi connectivity index (χ0) is 17.0. The molecular formula is C20H24N2O2. The third-order valence-electron chi connectivity index (χ3n) is 4.89. The number of carbonyl (C=O) groups excluding carboxylic acids is 1. The van der Waals surface area contributed by atoms with Crippen LogP contribution in [0.2, 0.25) is 0 Å². The zero-order valence-corrected chi connectivity index (χ0v) is 14.4. The molecule has 2 aromatic heterocycles. The predicted molar refractivity (Wildman–Crippen MR) is 93.6 cm³/mol. The van der Waals surface area contributed by atoms with Crippen LogP contribution in [-0.4, -0.2) is 22.5 Å². The Labute approximate surface area is 143 Å². The van der Waals surface area contributed by atoms with E-state index >= 15 is 0 Å². The van der Waals surface area contributed by atoms with E-state index in [2.05, 4.69) is 29.0 Å². The summed E-state index contributed by atoms with van der Waals surface area (Å²) in [5.41, 5.74) is 4.16. The molecule has 0 spiro atoms. The average Bonchev–Trinajstić information content (AvgIpc) is 2.90. The van der Waals surface area contributed by atoms with E-state index in [4.69, 9.17) is 4.74 Å². The fourth-order valence-corrected chi connectivity index (χ4v) is 3.80. The Kier molecular flexibility index (Phi) is 4.93. The highest BCUT2D eigenvalue weighted by atomic mass is 16.5. The molecule has 0 aromatic carbocycles. The van der Waals surface area contributed by atoms with E-state index in [1.807, 2.05) is 31.5 Å². The van der Waals surface area contributed by atoms with Crippen molar-refractivity contribution in [3.05, 3.63) is 47.8 Å². The topological polar surface area (TPSA) is 52.1 Å². The summed E-state index contributed by atoms with van der Waals surface area (Å²) < 4.78 is 5.16. The summed E-state index contributed by atoms with van der Waals surface area (Å²) >= 11 is 0. The van der Waals surface area contributed by atoms with E-state index in [9.17, 15) is 4.79 Å². The molecule has 0 aliphatic heterocycles. The molecule has 0 fully saturated rings. The molecule has 1 aliphatic rings. The van der Waals surface area contributed by atoms with Crippen molar-refractivity contribution in [2.45, 2.75) is 51.4 Å². The van der Waals surface area contributed by atoms with Gasteiger partial charge in [-0.2, -0.15) is 0 Å². The highest BCUT2D eigenvalue weighted by molar-refractivity contribution is 5.76. The van der Waals surface area contributed by atoms with Gasteiger partial charge in [0.05, 0.1) is 18.0 Å². The van der Waals surface area contributed by atoms with Gasteiger partial charge in [0.2, 0.25) is 0 Å². The van der Waals surface area contributed by atoms with Gasteiger partial charge in [0.1, 0.15) is 0 Å². The van der Waals surface area contributed by atoms with Crippen LogP contribution in [0.15, 0.2) is 36.7 Å². The van der Waals surface area contributed by atoms with E-state index in [-0.39, 0.29) is 11.4 Å². The maximum absolute atomic E-state index is 12.0. The average molecular weight is 324 g/mol. The molecule has 4 heteroatoms. The Hall–Kier alpha value is -2.23. The number of aromatic nitrogens is 2. The van der Waals surface area contributed by atoms with Crippen LogP contribution in [0.3, 0.4) is 0 Å². The van der Waals surface area contributed by atoms with E-state index in [1.54, 1.807) is 0 Å². The Morgan fingerprint density at radius 2 is 1.67 bits per heavy atom. The van der Waals surface area contributed by atoms with Gasteiger partial charge < -0.3 is 4.74 Å². The second-order valence-electron chi connectivity index (χ2n) is 6.29. The molecule has 3 rings (SSSR count). The fourth-order valence-electron chi connectivity index (χ4n) is 3.80. The lowest BCUT2D eigenvalue weighted by Gasteiger charge is -2.31. The highest BCUT2D eigenvalue weighted by Crippen LogP contribution is 2.52. The van der Waals surface area contributed by atoms with Gasteiger partial charge in [0.15, 0.2) is 0 Å². The Morgan fingerprint density at radius 1 is 1.04 bits per heavy atom. The van der Waals surface area contributed by atoms with Gasteiger partial charge in [-0.15, -0.1) is 0 Å². The first-order valence-corrected chi connectivity index (χ1v) is 8.80. The van der Waals surface area contributed by atoms with Gasteiger partial charge in [-0.3, -0.25) is 14.8 Å².